The lowest BCUT2D eigenvalue weighted by Crippen LogP contribution is -2.34. The third-order valence-corrected chi connectivity index (χ3v) is 3.97. The van der Waals surface area contributed by atoms with Crippen molar-refractivity contribution in [3.63, 3.8) is 0 Å². The first-order valence-corrected chi connectivity index (χ1v) is 7.55. The van der Waals surface area contributed by atoms with Crippen molar-refractivity contribution < 1.29 is 14.3 Å². The van der Waals surface area contributed by atoms with E-state index >= 15 is 0 Å². The lowest BCUT2D eigenvalue weighted by Gasteiger charge is -2.17. The minimum Gasteiger partial charge on any atom is -0.467 e. The molecule has 22 heavy (non-hydrogen) atoms. The number of amides is 1. The average Bonchev–Trinajstić information content (AvgIpc) is 2.96. The maximum Gasteiger partial charge on any atom is 0.253 e. The molecule has 5 heteroatoms. The van der Waals surface area contributed by atoms with Crippen LogP contribution in [-0.2, 0) is 0 Å². The third-order valence-electron chi connectivity index (χ3n) is 3.65. The van der Waals surface area contributed by atoms with E-state index in [0.29, 0.717) is 22.8 Å². The number of nitrogens with one attached hydrogen (secondary N) is 1. The molecule has 118 valence electrons. The number of aryl methyl sites for hydroxylation is 2. The molecular weight excluding hydrogens is 302 g/mol. The number of rotatable bonds is 5. The topological polar surface area (TPSA) is 62.5 Å². The lowest BCUT2D eigenvalue weighted by atomic mass is 10.0. The summed E-state index contributed by atoms with van der Waals surface area (Å²) in [6.45, 7) is 5.72. The molecule has 4 nitrogen and oxygen atoms in total. The number of carbonyl (C=O) groups excluding carboxylic acids is 1. The van der Waals surface area contributed by atoms with Gasteiger partial charge in [-0.05, 0) is 56.2 Å². The van der Waals surface area contributed by atoms with Crippen LogP contribution in [0.5, 0.6) is 0 Å². The SMILES string of the molecule is Cc1cc(Cl)c(C(=O)NC(C)CC(O)c2ccco2)cc1C. The van der Waals surface area contributed by atoms with Crippen molar-refractivity contribution in [2.24, 2.45) is 0 Å². The molecule has 2 unspecified atom stereocenters. The van der Waals surface area contributed by atoms with Crippen molar-refractivity contribution in [2.75, 3.05) is 0 Å². The van der Waals surface area contributed by atoms with Crippen LogP contribution in [0, 0.1) is 13.8 Å². The molecular formula is C17H20ClNO3. The summed E-state index contributed by atoms with van der Waals surface area (Å²) in [6.07, 6.45) is 1.12. The lowest BCUT2D eigenvalue weighted by molar-refractivity contribution is 0.0903. The number of aliphatic hydroxyl groups excluding tert-OH is 1. The fraction of sp³-hybridized carbons (Fsp3) is 0.353. The van der Waals surface area contributed by atoms with Gasteiger partial charge in [-0.1, -0.05) is 11.6 Å². The summed E-state index contributed by atoms with van der Waals surface area (Å²) >= 11 is 6.14. The molecule has 2 N–H and O–H groups in total. The number of hydrogen-bond donors (Lipinski definition) is 2. The Hall–Kier alpha value is -1.78. The number of halogens is 1. The van der Waals surface area contributed by atoms with E-state index in [4.69, 9.17) is 16.0 Å². The Morgan fingerprint density at radius 3 is 2.68 bits per heavy atom. The monoisotopic (exact) mass is 321 g/mol. The van der Waals surface area contributed by atoms with E-state index in [1.165, 1.54) is 6.26 Å². The molecule has 1 amide bonds. The van der Waals surface area contributed by atoms with Crippen molar-refractivity contribution in [2.45, 2.75) is 39.3 Å². The minimum atomic E-state index is -0.750. The van der Waals surface area contributed by atoms with E-state index < -0.39 is 6.10 Å². The van der Waals surface area contributed by atoms with Crippen molar-refractivity contribution in [3.05, 3.63) is 58.0 Å². The zero-order chi connectivity index (χ0) is 16.3. The van der Waals surface area contributed by atoms with Crippen LogP contribution in [-0.4, -0.2) is 17.1 Å². The normalized spacial score (nSPS) is 13.7. The molecule has 0 radical (unpaired) electrons. The van der Waals surface area contributed by atoms with E-state index in [2.05, 4.69) is 5.32 Å². The van der Waals surface area contributed by atoms with Gasteiger partial charge in [-0.15, -0.1) is 0 Å². The predicted octanol–water partition coefficient (Wildman–Crippen LogP) is 3.79. The van der Waals surface area contributed by atoms with Gasteiger partial charge in [-0.25, -0.2) is 0 Å². The summed E-state index contributed by atoms with van der Waals surface area (Å²) in [6, 6.07) is 6.78. The Labute approximate surface area is 135 Å². The van der Waals surface area contributed by atoms with Crippen LogP contribution < -0.4 is 5.32 Å². The highest BCUT2D eigenvalue weighted by molar-refractivity contribution is 6.34. The highest BCUT2D eigenvalue weighted by Crippen LogP contribution is 2.22. The Morgan fingerprint density at radius 2 is 2.05 bits per heavy atom. The van der Waals surface area contributed by atoms with Crippen molar-refractivity contribution in [1.82, 2.24) is 5.32 Å². The molecule has 1 aromatic carbocycles. The second kappa shape index (κ2) is 6.99. The molecule has 2 aromatic rings. The molecule has 0 aliphatic carbocycles. The van der Waals surface area contributed by atoms with Gasteiger partial charge in [0.15, 0.2) is 0 Å². The summed E-state index contributed by atoms with van der Waals surface area (Å²) in [7, 11) is 0. The van der Waals surface area contributed by atoms with E-state index in [0.717, 1.165) is 11.1 Å². The minimum absolute atomic E-state index is 0.217. The fourth-order valence-electron chi connectivity index (χ4n) is 2.25. The molecule has 0 aliphatic heterocycles. The van der Waals surface area contributed by atoms with Crippen molar-refractivity contribution >= 4 is 17.5 Å². The van der Waals surface area contributed by atoms with E-state index in [9.17, 15) is 9.90 Å². The first-order valence-electron chi connectivity index (χ1n) is 7.17. The molecule has 1 heterocycles. The van der Waals surface area contributed by atoms with Gasteiger partial charge < -0.3 is 14.8 Å². The quantitative estimate of drug-likeness (QED) is 0.880. The Morgan fingerprint density at radius 1 is 1.36 bits per heavy atom. The van der Waals surface area contributed by atoms with Gasteiger partial charge >= 0.3 is 0 Å². The van der Waals surface area contributed by atoms with E-state index in [1.807, 2.05) is 20.8 Å². The summed E-state index contributed by atoms with van der Waals surface area (Å²) < 4.78 is 5.15. The molecule has 0 bridgehead atoms. The Kier molecular flexibility index (Phi) is 5.27. The highest BCUT2D eigenvalue weighted by Gasteiger charge is 2.18. The van der Waals surface area contributed by atoms with Gasteiger partial charge in [-0.3, -0.25) is 4.79 Å². The van der Waals surface area contributed by atoms with Crippen LogP contribution >= 0.6 is 11.6 Å². The number of aliphatic hydroxyl groups is 1. The smallest absolute Gasteiger partial charge is 0.253 e. The second-order valence-electron chi connectivity index (χ2n) is 5.56. The highest BCUT2D eigenvalue weighted by atomic mass is 35.5. The maximum atomic E-state index is 12.3. The van der Waals surface area contributed by atoms with E-state index in [1.54, 1.807) is 24.3 Å². The molecule has 0 saturated carbocycles. The van der Waals surface area contributed by atoms with Crippen molar-refractivity contribution in [1.29, 1.82) is 0 Å². The largest absolute Gasteiger partial charge is 0.467 e. The summed E-state index contributed by atoms with van der Waals surface area (Å²) in [5.41, 5.74) is 2.50. The number of benzene rings is 1. The van der Waals surface area contributed by atoms with Crippen LogP contribution in [0.1, 0.15) is 46.7 Å². The van der Waals surface area contributed by atoms with E-state index in [-0.39, 0.29) is 11.9 Å². The molecule has 0 spiro atoms. The first kappa shape index (κ1) is 16.6. The van der Waals surface area contributed by atoms with Crippen LogP contribution in [0.15, 0.2) is 34.9 Å². The average molecular weight is 322 g/mol. The number of carbonyl (C=O) groups is 1. The van der Waals surface area contributed by atoms with Gasteiger partial charge in [-0.2, -0.15) is 0 Å². The molecule has 1 aromatic heterocycles. The zero-order valence-electron chi connectivity index (χ0n) is 12.9. The maximum absolute atomic E-state index is 12.3. The van der Waals surface area contributed by atoms with Gasteiger partial charge in [0.25, 0.3) is 5.91 Å². The summed E-state index contributed by atoms with van der Waals surface area (Å²) in [4.78, 5) is 12.3. The van der Waals surface area contributed by atoms with Crippen LogP contribution in [0.25, 0.3) is 0 Å². The van der Waals surface area contributed by atoms with Crippen LogP contribution in [0.4, 0.5) is 0 Å². The first-order chi connectivity index (χ1) is 10.4. The molecule has 0 saturated heterocycles. The molecule has 0 aliphatic rings. The van der Waals surface area contributed by atoms with Crippen molar-refractivity contribution in [3.8, 4) is 0 Å². The Bertz CT molecular complexity index is 652. The molecule has 0 fully saturated rings. The molecule has 2 rings (SSSR count). The van der Waals surface area contributed by atoms with Gasteiger partial charge in [0, 0.05) is 12.5 Å². The number of hydrogen-bond acceptors (Lipinski definition) is 3. The van der Waals surface area contributed by atoms with Gasteiger partial charge in [0.05, 0.1) is 16.8 Å². The number of furan rings is 1. The zero-order valence-corrected chi connectivity index (χ0v) is 13.6. The second-order valence-corrected chi connectivity index (χ2v) is 5.96. The molecule has 2 atom stereocenters. The predicted molar refractivity (Wildman–Crippen MR) is 86.1 cm³/mol. The summed E-state index contributed by atoms with van der Waals surface area (Å²) in [5.74, 6) is 0.248. The third kappa shape index (κ3) is 3.90. The van der Waals surface area contributed by atoms with Crippen LogP contribution in [0.3, 0.4) is 0 Å². The fourth-order valence-corrected chi connectivity index (χ4v) is 2.55. The van der Waals surface area contributed by atoms with Gasteiger partial charge in [0.2, 0.25) is 0 Å². The standard InChI is InChI=1S/C17H20ClNO3/c1-10-7-13(14(18)8-11(10)2)17(21)19-12(3)9-15(20)16-5-4-6-22-16/h4-8,12,15,20H,9H2,1-3H3,(H,19,21). The Balaban J connectivity index is 2.01. The van der Waals surface area contributed by atoms with Crippen LogP contribution in [0.2, 0.25) is 5.02 Å². The van der Waals surface area contributed by atoms with Gasteiger partial charge in [0.1, 0.15) is 11.9 Å². The summed E-state index contributed by atoms with van der Waals surface area (Å²) in [5, 5.41) is 13.3.